The van der Waals surface area contributed by atoms with E-state index >= 15 is 0 Å². The van der Waals surface area contributed by atoms with Gasteiger partial charge in [0.1, 0.15) is 10.5 Å². The molecule has 1 fully saturated rings. The molecule has 7 heteroatoms. The fourth-order valence-corrected chi connectivity index (χ4v) is 2.65. The van der Waals surface area contributed by atoms with Crippen molar-refractivity contribution in [3.05, 3.63) is 26.3 Å². The zero-order valence-electron chi connectivity index (χ0n) is 10.5. The minimum absolute atomic E-state index is 0.102. The molecule has 1 aliphatic rings. The van der Waals surface area contributed by atoms with Gasteiger partial charge in [-0.3, -0.25) is 14.2 Å². The van der Waals surface area contributed by atoms with Gasteiger partial charge in [-0.2, -0.15) is 0 Å². The molecule has 1 atom stereocenters. The first-order chi connectivity index (χ1) is 9.00. The number of hydrogen-bond acceptors (Lipinski definition) is 3. The zero-order valence-corrected chi connectivity index (χ0v) is 12.9. The first-order valence-corrected chi connectivity index (χ1v) is 7.40. The van der Waals surface area contributed by atoms with Crippen LogP contribution in [0, 0.1) is 0 Å². The average molecular weight is 349 g/mol. The van der Waals surface area contributed by atoms with Gasteiger partial charge in [0.25, 0.3) is 5.56 Å². The SMILES string of the molecule is CC(C(=O)NC1CCCC1)n1cnc(Cl)c(Br)c1=O. The molecule has 5 nitrogen and oxygen atoms in total. The van der Waals surface area contributed by atoms with E-state index in [1.54, 1.807) is 6.92 Å². The number of carbonyl (C=O) groups excluding carboxylic acids is 1. The number of rotatable bonds is 3. The van der Waals surface area contributed by atoms with E-state index in [2.05, 4.69) is 26.2 Å². The summed E-state index contributed by atoms with van der Waals surface area (Å²) in [7, 11) is 0. The van der Waals surface area contributed by atoms with Gasteiger partial charge in [0, 0.05) is 6.04 Å². The Morgan fingerprint density at radius 1 is 1.58 bits per heavy atom. The lowest BCUT2D eigenvalue weighted by Gasteiger charge is -2.18. The smallest absolute Gasteiger partial charge is 0.269 e. The van der Waals surface area contributed by atoms with Crippen molar-refractivity contribution < 1.29 is 4.79 Å². The number of amides is 1. The third kappa shape index (κ3) is 3.17. The predicted molar refractivity (Wildman–Crippen MR) is 76.3 cm³/mol. The van der Waals surface area contributed by atoms with Gasteiger partial charge >= 0.3 is 0 Å². The van der Waals surface area contributed by atoms with Crippen molar-refractivity contribution >= 4 is 33.4 Å². The van der Waals surface area contributed by atoms with Crippen LogP contribution < -0.4 is 10.9 Å². The van der Waals surface area contributed by atoms with Crippen LogP contribution in [0.2, 0.25) is 5.15 Å². The first-order valence-electron chi connectivity index (χ1n) is 6.23. The molecule has 0 spiro atoms. The lowest BCUT2D eigenvalue weighted by Crippen LogP contribution is -2.40. The van der Waals surface area contributed by atoms with Gasteiger partial charge in [-0.05, 0) is 35.7 Å². The summed E-state index contributed by atoms with van der Waals surface area (Å²) in [5, 5.41) is 3.07. The third-order valence-electron chi connectivity index (χ3n) is 3.40. The largest absolute Gasteiger partial charge is 0.352 e. The number of aromatic nitrogens is 2. The molecular weight excluding hydrogens is 334 g/mol. The second-order valence-electron chi connectivity index (χ2n) is 4.73. The summed E-state index contributed by atoms with van der Waals surface area (Å²) in [5.74, 6) is -0.162. The normalized spacial score (nSPS) is 17.4. The van der Waals surface area contributed by atoms with Crippen LogP contribution >= 0.6 is 27.5 Å². The van der Waals surface area contributed by atoms with Crippen molar-refractivity contribution in [2.45, 2.75) is 44.7 Å². The van der Waals surface area contributed by atoms with Gasteiger partial charge in [-0.1, -0.05) is 24.4 Å². The van der Waals surface area contributed by atoms with E-state index in [0.29, 0.717) is 0 Å². The van der Waals surface area contributed by atoms with E-state index in [1.165, 1.54) is 10.9 Å². The van der Waals surface area contributed by atoms with Gasteiger partial charge in [0.05, 0.1) is 6.33 Å². The molecule has 0 aromatic carbocycles. The summed E-state index contributed by atoms with van der Waals surface area (Å²) in [5.41, 5.74) is -0.353. The Morgan fingerprint density at radius 2 is 2.21 bits per heavy atom. The lowest BCUT2D eigenvalue weighted by molar-refractivity contribution is -0.124. The van der Waals surface area contributed by atoms with Gasteiger partial charge < -0.3 is 5.32 Å². The van der Waals surface area contributed by atoms with Gasteiger partial charge in [-0.25, -0.2) is 4.98 Å². The molecule has 1 amide bonds. The van der Waals surface area contributed by atoms with E-state index in [1.807, 2.05) is 0 Å². The highest BCUT2D eigenvalue weighted by molar-refractivity contribution is 9.10. The summed E-state index contributed by atoms with van der Waals surface area (Å²) in [6.07, 6.45) is 5.61. The van der Waals surface area contributed by atoms with Crippen LogP contribution in [0.1, 0.15) is 38.6 Å². The predicted octanol–water partition coefficient (Wildman–Crippen LogP) is 2.28. The molecule has 1 aromatic heterocycles. The summed E-state index contributed by atoms with van der Waals surface area (Å²) >= 11 is 8.81. The van der Waals surface area contributed by atoms with Crippen molar-refractivity contribution in [3.8, 4) is 0 Å². The van der Waals surface area contributed by atoms with Crippen LogP contribution in [0.5, 0.6) is 0 Å². The fraction of sp³-hybridized carbons (Fsp3) is 0.583. The maximum atomic E-state index is 12.1. The highest BCUT2D eigenvalue weighted by atomic mass is 79.9. The minimum Gasteiger partial charge on any atom is -0.352 e. The van der Waals surface area contributed by atoms with Crippen molar-refractivity contribution in [3.63, 3.8) is 0 Å². The zero-order chi connectivity index (χ0) is 14.0. The maximum absolute atomic E-state index is 12.1. The molecule has 104 valence electrons. The van der Waals surface area contributed by atoms with Crippen molar-refractivity contribution in [1.29, 1.82) is 0 Å². The van der Waals surface area contributed by atoms with E-state index in [9.17, 15) is 9.59 Å². The fourth-order valence-electron chi connectivity index (χ4n) is 2.22. The van der Waals surface area contributed by atoms with Crippen molar-refractivity contribution in [1.82, 2.24) is 14.9 Å². The number of halogens is 2. The highest BCUT2D eigenvalue weighted by Crippen LogP contribution is 2.19. The molecule has 1 heterocycles. The van der Waals surface area contributed by atoms with Crippen molar-refractivity contribution in [2.75, 3.05) is 0 Å². The Bertz CT molecular complexity index is 540. The molecule has 1 N–H and O–H groups in total. The van der Waals surface area contributed by atoms with Crippen LogP contribution in [0.25, 0.3) is 0 Å². The average Bonchev–Trinajstić information content (AvgIpc) is 2.88. The molecule has 1 unspecified atom stereocenters. The Kier molecular flexibility index (Phi) is 4.62. The molecule has 2 rings (SSSR count). The van der Waals surface area contributed by atoms with Crippen LogP contribution in [-0.4, -0.2) is 21.5 Å². The van der Waals surface area contributed by atoms with Crippen LogP contribution in [-0.2, 0) is 4.79 Å². The Hall–Kier alpha value is -0.880. The Balaban J connectivity index is 2.14. The highest BCUT2D eigenvalue weighted by Gasteiger charge is 2.23. The van der Waals surface area contributed by atoms with Gasteiger partial charge in [0.15, 0.2) is 5.15 Å². The Labute approximate surface area is 124 Å². The van der Waals surface area contributed by atoms with Crippen molar-refractivity contribution in [2.24, 2.45) is 0 Å². The second-order valence-corrected chi connectivity index (χ2v) is 5.88. The van der Waals surface area contributed by atoms with Crippen LogP contribution in [0.3, 0.4) is 0 Å². The minimum atomic E-state index is -0.603. The number of hydrogen-bond donors (Lipinski definition) is 1. The number of carbonyl (C=O) groups is 1. The topological polar surface area (TPSA) is 64.0 Å². The molecule has 0 bridgehead atoms. The maximum Gasteiger partial charge on any atom is 0.269 e. The molecule has 19 heavy (non-hydrogen) atoms. The Morgan fingerprint density at radius 3 is 2.84 bits per heavy atom. The number of nitrogens with one attached hydrogen (secondary N) is 1. The summed E-state index contributed by atoms with van der Waals surface area (Å²) in [4.78, 5) is 28.0. The summed E-state index contributed by atoms with van der Waals surface area (Å²) in [6.45, 7) is 1.67. The summed E-state index contributed by atoms with van der Waals surface area (Å²) < 4.78 is 1.46. The molecular formula is C12H15BrClN3O2. The molecule has 0 radical (unpaired) electrons. The monoisotopic (exact) mass is 347 g/mol. The standard InChI is InChI=1S/C12H15BrClN3O2/c1-7(11(18)16-8-4-2-3-5-8)17-6-15-10(14)9(13)12(17)19/h6-8H,2-5H2,1H3,(H,16,18). The quantitative estimate of drug-likeness (QED) is 0.852. The second kappa shape index (κ2) is 6.05. The third-order valence-corrected chi connectivity index (χ3v) is 4.63. The van der Waals surface area contributed by atoms with E-state index in [-0.39, 0.29) is 27.1 Å². The first kappa shape index (κ1) is 14.5. The molecule has 1 aromatic rings. The summed E-state index contributed by atoms with van der Waals surface area (Å²) in [6, 6.07) is -0.372. The molecule has 1 saturated carbocycles. The van der Waals surface area contributed by atoms with Crippen LogP contribution in [0.4, 0.5) is 0 Å². The molecule has 1 aliphatic carbocycles. The molecule has 0 aliphatic heterocycles. The lowest BCUT2D eigenvalue weighted by atomic mass is 10.2. The van der Waals surface area contributed by atoms with Gasteiger partial charge in [0.2, 0.25) is 5.91 Å². The van der Waals surface area contributed by atoms with E-state index < -0.39 is 6.04 Å². The van der Waals surface area contributed by atoms with Gasteiger partial charge in [-0.15, -0.1) is 0 Å². The van der Waals surface area contributed by atoms with E-state index in [4.69, 9.17) is 11.6 Å². The van der Waals surface area contributed by atoms with Crippen LogP contribution in [0.15, 0.2) is 15.6 Å². The number of nitrogens with zero attached hydrogens (tertiary/aromatic N) is 2. The van der Waals surface area contributed by atoms with E-state index in [0.717, 1.165) is 25.7 Å². The molecule has 0 saturated heterocycles.